The van der Waals surface area contributed by atoms with Crippen LogP contribution in [-0.4, -0.2) is 22.5 Å². The van der Waals surface area contributed by atoms with Crippen LogP contribution in [0.2, 0.25) is 0 Å². The number of hydrogen-bond acceptors (Lipinski definition) is 4. The highest BCUT2D eigenvalue weighted by atomic mass is 19.4. The number of nitrogens with one attached hydrogen (secondary N) is 1. The molecule has 8 heteroatoms. The highest BCUT2D eigenvalue weighted by molar-refractivity contribution is 5.95. The molecule has 0 unspecified atom stereocenters. The molecule has 0 bridgehead atoms. The number of aromatic nitrogens is 2. The molecule has 0 radical (unpaired) electrons. The highest BCUT2D eigenvalue weighted by Gasteiger charge is 2.30. The van der Waals surface area contributed by atoms with Gasteiger partial charge in [0.05, 0.1) is 22.5 Å². The van der Waals surface area contributed by atoms with Crippen LogP contribution in [0.5, 0.6) is 5.75 Å². The van der Waals surface area contributed by atoms with E-state index in [0.717, 1.165) is 40.0 Å². The van der Waals surface area contributed by atoms with E-state index in [0.29, 0.717) is 5.69 Å². The maximum Gasteiger partial charge on any atom is 0.416 e. The van der Waals surface area contributed by atoms with Gasteiger partial charge in [0.1, 0.15) is 5.75 Å². The van der Waals surface area contributed by atoms with Crippen LogP contribution in [0.15, 0.2) is 72.9 Å². The average molecular weight is 437 g/mol. The molecule has 4 rings (SSSR count). The normalized spacial score (nSPS) is 11.4. The van der Waals surface area contributed by atoms with E-state index in [1.807, 2.05) is 37.3 Å². The number of rotatable bonds is 5. The first-order valence-electron chi connectivity index (χ1n) is 9.72. The Morgan fingerprint density at radius 1 is 1.00 bits per heavy atom. The van der Waals surface area contributed by atoms with Crippen molar-refractivity contribution in [2.45, 2.75) is 13.1 Å². The van der Waals surface area contributed by atoms with E-state index in [9.17, 15) is 18.0 Å². The fourth-order valence-electron chi connectivity index (χ4n) is 3.20. The van der Waals surface area contributed by atoms with Gasteiger partial charge in [-0.1, -0.05) is 6.07 Å². The Hall–Kier alpha value is -3.94. The van der Waals surface area contributed by atoms with Gasteiger partial charge in [-0.15, -0.1) is 0 Å². The Morgan fingerprint density at radius 3 is 2.47 bits per heavy atom. The Morgan fingerprint density at radius 2 is 1.78 bits per heavy atom. The molecule has 0 aliphatic heterocycles. The number of carbonyl (C=O) groups excluding carboxylic acids is 1. The monoisotopic (exact) mass is 437 g/mol. The first-order valence-corrected chi connectivity index (χ1v) is 9.72. The van der Waals surface area contributed by atoms with Gasteiger partial charge in [-0.05, 0) is 73.2 Å². The number of ether oxygens (including phenoxy) is 1. The van der Waals surface area contributed by atoms with Crippen molar-refractivity contribution >= 4 is 22.5 Å². The van der Waals surface area contributed by atoms with Gasteiger partial charge in [-0.25, -0.2) is 4.98 Å². The van der Waals surface area contributed by atoms with E-state index < -0.39 is 17.6 Å². The van der Waals surface area contributed by atoms with Crippen molar-refractivity contribution in [1.29, 1.82) is 0 Å². The summed E-state index contributed by atoms with van der Waals surface area (Å²) in [5.41, 5.74) is 3.07. The fourth-order valence-corrected chi connectivity index (χ4v) is 3.20. The Labute approximate surface area is 181 Å². The number of anilines is 1. The molecule has 4 aromatic rings. The molecule has 1 amide bonds. The molecule has 0 saturated carbocycles. The number of fused-ring (bicyclic) bond motifs is 1. The Balaban J connectivity index is 1.43. The van der Waals surface area contributed by atoms with Gasteiger partial charge < -0.3 is 10.1 Å². The van der Waals surface area contributed by atoms with Gasteiger partial charge in [-0.2, -0.15) is 13.2 Å². The molecule has 0 atom stereocenters. The number of amides is 1. The van der Waals surface area contributed by atoms with Crippen molar-refractivity contribution in [3.05, 3.63) is 84.1 Å². The van der Waals surface area contributed by atoms with Crippen LogP contribution in [-0.2, 0) is 11.0 Å². The van der Waals surface area contributed by atoms with E-state index in [1.54, 1.807) is 18.3 Å². The standard InChI is InChI=1S/C24H18F3N3O2/c1-15-12-22(21-4-2-3-11-28-21)30-20-10-7-17(13-19(15)20)29-23(31)14-32-18-8-5-16(6-9-18)24(25,26)27/h2-13H,14H2,1H3,(H,29,31). The largest absolute Gasteiger partial charge is 0.484 e. The number of aryl methyl sites for hydroxylation is 1. The average Bonchev–Trinajstić information content (AvgIpc) is 2.78. The molecular formula is C24H18F3N3O2. The van der Waals surface area contributed by atoms with E-state index in [1.165, 1.54) is 12.1 Å². The zero-order valence-electron chi connectivity index (χ0n) is 17.0. The Kier molecular flexibility index (Phi) is 5.77. The van der Waals surface area contributed by atoms with Gasteiger partial charge >= 0.3 is 6.18 Å². The molecular weight excluding hydrogens is 419 g/mol. The number of carbonyl (C=O) groups is 1. The summed E-state index contributed by atoms with van der Waals surface area (Å²) in [5, 5.41) is 3.61. The summed E-state index contributed by atoms with van der Waals surface area (Å²) >= 11 is 0. The summed E-state index contributed by atoms with van der Waals surface area (Å²) in [6, 6.07) is 17.1. The van der Waals surface area contributed by atoms with Crippen molar-refractivity contribution < 1.29 is 22.7 Å². The molecule has 2 aromatic carbocycles. The molecule has 2 heterocycles. The fraction of sp³-hybridized carbons (Fsp3) is 0.125. The molecule has 0 aliphatic carbocycles. The molecule has 2 aromatic heterocycles. The van der Waals surface area contributed by atoms with Crippen molar-refractivity contribution in [2.75, 3.05) is 11.9 Å². The summed E-state index contributed by atoms with van der Waals surface area (Å²) in [4.78, 5) is 21.2. The van der Waals surface area contributed by atoms with Crippen LogP contribution in [0.3, 0.4) is 0 Å². The third-order valence-corrected chi connectivity index (χ3v) is 4.78. The van der Waals surface area contributed by atoms with Crippen LogP contribution in [0, 0.1) is 6.92 Å². The molecule has 0 saturated heterocycles. The summed E-state index contributed by atoms with van der Waals surface area (Å²) in [6.45, 7) is 1.62. The van der Waals surface area contributed by atoms with Crippen molar-refractivity contribution in [2.24, 2.45) is 0 Å². The minimum absolute atomic E-state index is 0.175. The maximum atomic E-state index is 12.6. The lowest BCUT2D eigenvalue weighted by molar-refractivity contribution is -0.137. The second-order valence-corrected chi connectivity index (χ2v) is 7.13. The van der Waals surface area contributed by atoms with Gasteiger partial charge in [0.15, 0.2) is 6.61 Å². The molecule has 5 nitrogen and oxygen atoms in total. The maximum absolute atomic E-state index is 12.6. The summed E-state index contributed by atoms with van der Waals surface area (Å²) in [6.07, 6.45) is -2.71. The predicted octanol–water partition coefficient (Wildman–Crippen LogP) is 5.64. The summed E-state index contributed by atoms with van der Waals surface area (Å²) in [7, 11) is 0. The SMILES string of the molecule is Cc1cc(-c2ccccn2)nc2ccc(NC(=O)COc3ccc(C(F)(F)F)cc3)cc12. The van der Waals surface area contributed by atoms with Crippen LogP contribution in [0.25, 0.3) is 22.3 Å². The van der Waals surface area contributed by atoms with Gasteiger partial charge in [0.25, 0.3) is 5.91 Å². The van der Waals surface area contributed by atoms with Crippen LogP contribution in [0.1, 0.15) is 11.1 Å². The second-order valence-electron chi connectivity index (χ2n) is 7.13. The number of pyridine rings is 2. The van der Waals surface area contributed by atoms with Crippen molar-refractivity contribution in [1.82, 2.24) is 9.97 Å². The molecule has 0 fully saturated rings. The lowest BCUT2D eigenvalue weighted by Gasteiger charge is -2.11. The summed E-state index contributed by atoms with van der Waals surface area (Å²) in [5.74, 6) is -0.256. The number of benzene rings is 2. The lowest BCUT2D eigenvalue weighted by atomic mass is 10.1. The van der Waals surface area contributed by atoms with Crippen LogP contribution < -0.4 is 10.1 Å². The minimum atomic E-state index is -4.42. The quantitative estimate of drug-likeness (QED) is 0.439. The first kappa shape index (κ1) is 21.3. The molecule has 1 N–H and O–H groups in total. The molecule has 32 heavy (non-hydrogen) atoms. The minimum Gasteiger partial charge on any atom is -0.484 e. The molecule has 0 aliphatic rings. The first-order chi connectivity index (χ1) is 15.3. The van der Waals surface area contributed by atoms with Crippen LogP contribution in [0.4, 0.5) is 18.9 Å². The second kappa shape index (κ2) is 8.66. The predicted molar refractivity (Wildman–Crippen MR) is 115 cm³/mol. The number of nitrogens with zero attached hydrogens (tertiary/aromatic N) is 2. The van der Waals surface area contributed by atoms with Crippen LogP contribution >= 0.6 is 0 Å². The zero-order valence-corrected chi connectivity index (χ0v) is 17.0. The van der Waals surface area contributed by atoms with E-state index in [4.69, 9.17) is 4.74 Å². The third-order valence-electron chi connectivity index (χ3n) is 4.78. The van der Waals surface area contributed by atoms with Gasteiger partial charge in [0.2, 0.25) is 0 Å². The number of alkyl halides is 3. The smallest absolute Gasteiger partial charge is 0.416 e. The topological polar surface area (TPSA) is 64.1 Å². The van der Waals surface area contributed by atoms with Gasteiger partial charge in [-0.3, -0.25) is 9.78 Å². The van der Waals surface area contributed by atoms with Crippen molar-refractivity contribution in [3.63, 3.8) is 0 Å². The number of hydrogen-bond donors (Lipinski definition) is 1. The zero-order chi connectivity index (χ0) is 22.7. The lowest BCUT2D eigenvalue weighted by Crippen LogP contribution is -2.20. The molecule has 0 spiro atoms. The van der Waals surface area contributed by atoms with E-state index in [2.05, 4.69) is 15.3 Å². The van der Waals surface area contributed by atoms with Gasteiger partial charge in [0, 0.05) is 17.3 Å². The summed E-state index contributed by atoms with van der Waals surface area (Å²) < 4.78 is 43.1. The van der Waals surface area contributed by atoms with Crippen molar-refractivity contribution in [3.8, 4) is 17.1 Å². The molecule has 162 valence electrons. The van der Waals surface area contributed by atoms with E-state index >= 15 is 0 Å². The third kappa shape index (κ3) is 4.85. The Bertz CT molecular complexity index is 1260. The number of halogens is 3. The van der Waals surface area contributed by atoms with E-state index in [-0.39, 0.29) is 12.4 Å². The highest BCUT2D eigenvalue weighted by Crippen LogP contribution is 2.30.